The minimum atomic E-state index is -0.755. The minimum absolute atomic E-state index is 0.00924. The number of carbonyl (C=O) groups is 2. The summed E-state index contributed by atoms with van der Waals surface area (Å²) in [5, 5.41) is 13.8. The van der Waals surface area contributed by atoms with E-state index in [2.05, 4.69) is 5.32 Å². The molecular weight excluding hydrogens is 530 g/mol. The van der Waals surface area contributed by atoms with Gasteiger partial charge in [0.2, 0.25) is 0 Å². The number of phenolic OH excluding ortho intramolecular Hbond substituents is 1. The second kappa shape index (κ2) is 11.9. The van der Waals surface area contributed by atoms with Crippen molar-refractivity contribution in [2.24, 2.45) is 0 Å². The van der Waals surface area contributed by atoms with Crippen molar-refractivity contribution in [3.63, 3.8) is 0 Å². The van der Waals surface area contributed by atoms with Crippen LogP contribution in [0.2, 0.25) is 5.02 Å². The lowest BCUT2D eigenvalue weighted by Gasteiger charge is -2.37. The van der Waals surface area contributed by atoms with Crippen LogP contribution in [0.25, 0.3) is 0 Å². The van der Waals surface area contributed by atoms with Crippen LogP contribution in [-0.2, 0) is 14.3 Å². The third kappa shape index (κ3) is 5.56. The molecule has 2 aliphatic rings. The van der Waals surface area contributed by atoms with Crippen LogP contribution >= 0.6 is 11.6 Å². The number of aromatic hydroxyl groups is 1. The van der Waals surface area contributed by atoms with E-state index in [1.807, 2.05) is 60.7 Å². The van der Waals surface area contributed by atoms with Crippen molar-refractivity contribution < 1.29 is 28.9 Å². The Labute approximate surface area is 238 Å². The second-order valence-electron chi connectivity index (χ2n) is 9.78. The molecule has 2 atom stereocenters. The maximum Gasteiger partial charge on any atom is 0.336 e. The third-order valence-corrected chi connectivity index (χ3v) is 7.54. The van der Waals surface area contributed by atoms with Crippen molar-refractivity contribution >= 4 is 23.4 Å². The van der Waals surface area contributed by atoms with E-state index in [9.17, 15) is 14.7 Å². The second-order valence-corrected chi connectivity index (χ2v) is 10.2. The fraction of sp³-hybridized carbons (Fsp3) is 0.250. The molecular formula is C32H30ClNO6. The number of phenols is 1. The highest BCUT2D eigenvalue weighted by atomic mass is 35.5. The molecule has 0 amide bonds. The van der Waals surface area contributed by atoms with Gasteiger partial charge in [-0.3, -0.25) is 4.79 Å². The van der Waals surface area contributed by atoms with Crippen molar-refractivity contribution in [1.29, 1.82) is 0 Å². The fourth-order valence-corrected chi connectivity index (χ4v) is 5.63. The molecule has 0 bridgehead atoms. The summed E-state index contributed by atoms with van der Waals surface area (Å²) in [6.07, 6.45) is 0.908. The first-order valence-corrected chi connectivity index (χ1v) is 13.5. The standard InChI is InChI=1S/C32H30ClNO6/c1-19-28(32(37)40-14-13-39-23-11-7-4-8-12-23)29(22-15-24(33)31(36)27(18-22)38-2)30-25(34-19)16-21(17-26(30)35)20-9-5-3-6-10-20/h3-12,15,18,21,29,34,36H,13-14,16-17H2,1-2H3/t21-,29+/m0/s1. The molecule has 40 heavy (non-hydrogen) atoms. The number of para-hydroxylation sites is 1. The fourth-order valence-electron chi connectivity index (χ4n) is 5.41. The third-order valence-electron chi connectivity index (χ3n) is 7.25. The first kappa shape index (κ1) is 27.3. The van der Waals surface area contributed by atoms with Crippen molar-refractivity contribution in [1.82, 2.24) is 5.32 Å². The quantitative estimate of drug-likeness (QED) is 0.257. The molecule has 0 spiro atoms. The van der Waals surface area contributed by atoms with Crippen LogP contribution in [-0.4, -0.2) is 37.2 Å². The molecule has 7 nitrogen and oxygen atoms in total. The van der Waals surface area contributed by atoms with Crippen molar-refractivity contribution in [2.45, 2.75) is 31.6 Å². The monoisotopic (exact) mass is 559 g/mol. The summed E-state index contributed by atoms with van der Waals surface area (Å²) in [7, 11) is 1.42. The van der Waals surface area contributed by atoms with Gasteiger partial charge >= 0.3 is 5.97 Å². The number of dihydropyridines is 1. The summed E-state index contributed by atoms with van der Waals surface area (Å²) in [5.41, 5.74) is 3.78. The SMILES string of the molecule is COc1cc([C@@H]2C(C(=O)OCCOc3ccccc3)=C(C)NC3=C2C(=O)C[C@@H](c2ccccc2)C3)cc(Cl)c1O. The Kier molecular flexibility index (Phi) is 8.12. The lowest BCUT2D eigenvalue weighted by atomic mass is 9.71. The van der Waals surface area contributed by atoms with E-state index in [1.54, 1.807) is 19.1 Å². The average molecular weight is 560 g/mol. The molecule has 1 aliphatic heterocycles. The number of carbonyl (C=O) groups excluding carboxylic acids is 2. The highest BCUT2D eigenvalue weighted by molar-refractivity contribution is 6.32. The van der Waals surface area contributed by atoms with Gasteiger partial charge in [-0.15, -0.1) is 0 Å². The number of Topliss-reactive ketones (excluding diaryl/α,β-unsaturated/α-hetero) is 1. The Morgan fingerprint density at radius 1 is 1.00 bits per heavy atom. The lowest BCUT2D eigenvalue weighted by molar-refractivity contribution is -0.140. The van der Waals surface area contributed by atoms with Gasteiger partial charge in [-0.2, -0.15) is 0 Å². The zero-order valence-electron chi connectivity index (χ0n) is 22.3. The molecule has 0 saturated carbocycles. The number of ether oxygens (including phenoxy) is 3. The topological polar surface area (TPSA) is 94.1 Å². The number of allylic oxidation sites excluding steroid dienone is 3. The van der Waals surface area contributed by atoms with Crippen LogP contribution in [0, 0.1) is 0 Å². The molecule has 206 valence electrons. The van der Waals surface area contributed by atoms with Crippen LogP contribution in [0.1, 0.15) is 42.7 Å². The molecule has 0 fully saturated rings. The number of methoxy groups -OCH3 is 1. The molecule has 3 aromatic carbocycles. The molecule has 5 rings (SSSR count). The Balaban J connectivity index is 1.48. The molecule has 0 unspecified atom stereocenters. The summed E-state index contributed by atoms with van der Waals surface area (Å²) < 4.78 is 16.6. The number of hydrogen-bond donors (Lipinski definition) is 2. The number of nitrogens with one attached hydrogen (secondary N) is 1. The highest BCUT2D eigenvalue weighted by Crippen LogP contribution is 2.48. The predicted octanol–water partition coefficient (Wildman–Crippen LogP) is 6.04. The number of benzene rings is 3. The molecule has 0 saturated heterocycles. The summed E-state index contributed by atoms with van der Waals surface area (Å²) in [6.45, 7) is 1.99. The number of rotatable bonds is 8. The molecule has 0 radical (unpaired) electrons. The molecule has 3 aromatic rings. The van der Waals surface area contributed by atoms with Gasteiger partial charge in [0.25, 0.3) is 0 Å². The summed E-state index contributed by atoms with van der Waals surface area (Å²) >= 11 is 6.36. The minimum Gasteiger partial charge on any atom is -0.503 e. The summed E-state index contributed by atoms with van der Waals surface area (Å²) in [6, 6.07) is 22.4. The zero-order chi connectivity index (χ0) is 28.2. The predicted molar refractivity (Wildman–Crippen MR) is 152 cm³/mol. The number of ketones is 1. The van der Waals surface area contributed by atoms with Gasteiger partial charge in [0, 0.05) is 29.3 Å². The van der Waals surface area contributed by atoms with E-state index in [1.165, 1.54) is 7.11 Å². The normalized spacial score (nSPS) is 18.6. The highest BCUT2D eigenvalue weighted by Gasteiger charge is 2.42. The largest absolute Gasteiger partial charge is 0.503 e. The molecule has 1 aliphatic carbocycles. The first-order valence-electron chi connectivity index (χ1n) is 13.1. The first-order chi connectivity index (χ1) is 19.4. The van der Waals surface area contributed by atoms with Crippen LogP contribution in [0.3, 0.4) is 0 Å². The van der Waals surface area contributed by atoms with Gasteiger partial charge < -0.3 is 24.6 Å². The smallest absolute Gasteiger partial charge is 0.336 e. The van der Waals surface area contributed by atoms with Crippen LogP contribution in [0.4, 0.5) is 0 Å². The number of esters is 1. The van der Waals surface area contributed by atoms with E-state index in [-0.39, 0.29) is 41.4 Å². The maximum atomic E-state index is 13.8. The molecule has 8 heteroatoms. The Morgan fingerprint density at radius 3 is 2.40 bits per heavy atom. The molecule has 1 heterocycles. The maximum absolute atomic E-state index is 13.8. The zero-order valence-corrected chi connectivity index (χ0v) is 23.0. The van der Waals surface area contributed by atoms with E-state index in [0.29, 0.717) is 41.0 Å². The summed E-state index contributed by atoms with van der Waals surface area (Å²) in [5.74, 6) is -0.772. The van der Waals surface area contributed by atoms with Crippen LogP contribution in [0.15, 0.2) is 95.3 Å². The lowest BCUT2D eigenvalue weighted by Crippen LogP contribution is -2.36. The Bertz CT molecular complexity index is 1480. The Hall–Kier alpha value is -4.23. The van der Waals surface area contributed by atoms with E-state index >= 15 is 0 Å². The van der Waals surface area contributed by atoms with Gasteiger partial charge in [0.1, 0.15) is 19.0 Å². The van der Waals surface area contributed by atoms with E-state index < -0.39 is 11.9 Å². The average Bonchev–Trinajstić information content (AvgIpc) is 2.96. The van der Waals surface area contributed by atoms with E-state index in [4.69, 9.17) is 25.8 Å². The van der Waals surface area contributed by atoms with E-state index in [0.717, 1.165) is 11.3 Å². The van der Waals surface area contributed by atoms with Gasteiger partial charge in [0.05, 0.1) is 17.7 Å². The number of halogens is 1. The van der Waals surface area contributed by atoms with Crippen molar-refractivity contribution in [3.8, 4) is 17.2 Å². The Morgan fingerprint density at radius 2 is 1.70 bits per heavy atom. The van der Waals surface area contributed by atoms with Crippen LogP contribution < -0.4 is 14.8 Å². The van der Waals surface area contributed by atoms with Gasteiger partial charge in [-0.25, -0.2) is 4.79 Å². The van der Waals surface area contributed by atoms with Crippen LogP contribution in [0.5, 0.6) is 17.2 Å². The van der Waals surface area contributed by atoms with Gasteiger partial charge in [0.15, 0.2) is 17.3 Å². The number of hydrogen-bond acceptors (Lipinski definition) is 7. The summed E-state index contributed by atoms with van der Waals surface area (Å²) in [4.78, 5) is 27.3. The van der Waals surface area contributed by atoms with Crippen molar-refractivity contribution in [3.05, 3.63) is 111 Å². The van der Waals surface area contributed by atoms with Crippen molar-refractivity contribution in [2.75, 3.05) is 20.3 Å². The van der Waals surface area contributed by atoms with Gasteiger partial charge in [-0.1, -0.05) is 60.1 Å². The molecule has 0 aromatic heterocycles. The molecule has 2 N–H and O–H groups in total. The van der Waals surface area contributed by atoms with Gasteiger partial charge in [-0.05, 0) is 54.7 Å².